The lowest BCUT2D eigenvalue weighted by Gasteiger charge is -2.33. The van der Waals surface area contributed by atoms with Gasteiger partial charge in [0.05, 0.1) is 37.4 Å². The molecule has 26 heavy (non-hydrogen) atoms. The number of nitrogens with one attached hydrogen (secondary N) is 1. The molecule has 1 aliphatic heterocycles. The van der Waals surface area contributed by atoms with E-state index in [1.165, 1.54) is 0 Å². The summed E-state index contributed by atoms with van der Waals surface area (Å²) in [6.45, 7) is 3.66. The Labute approximate surface area is 152 Å². The van der Waals surface area contributed by atoms with E-state index < -0.39 is 0 Å². The first kappa shape index (κ1) is 17.0. The smallest absolute Gasteiger partial charge is 0.228 e. The number of ether oxygens (including phenoxy) is 2. The molecule has 3 heterocycles. The minimum atomic E-state index is -0.348. The molecule has 1 aliphatic carbocycles. The van der Waals surface area contributed by atoms with Gasteiger partial charge in [-0.15, -0.1) is 0 Å². The highest BCUT2D eigenvalue weighted by molar-refractivity contribution is 5.85. The van der Waals surface area contributed by atoms with Crippen LogP contribution < -0.4 is 10.1 Å². The zero-order chi connectivity index (χ0) is 18.0. The van der Waals surface area contributed by atoms with Crippen LogP contribution in [0.15, 0.2) is 36.8 Å². The first-order valence-corrected chi connectivity index (χ1v) is 9.10. The van der Waals surface area contributed by atoms with Crippen LogP contribution in [-0.4, -0.2) is 46.0 Å². The quantitative estimate of drug-likeness (QED) is 0.853. The van der Waals surface area contributed by atoms with Gasteiger partial charge in [0.2, 0.25) is 5.91 Å². The third-order valence-corrected chi connectivity index (χ3v) is 5.14. The molecule has 0 spiro atoms. The third-order valence-electron chi connectivity index (χ3n) is 5.14. The van der Waals surface area contributed by atoms with E-state index in [0.29, 0.717) is 19.8 Å². The van der Waals surface area contributed by atoms with Gasteiger partial charge in [0, 0.05) is 24.5 Å². The van der Waals surface area contributed by atoms with Crippen molar-refractivity contribution < 1.29 is 14.3 Å². The average molecular weight is 356 g/mol. The molecule has 1 saturated carbocycles. The summed E-state index contributed by atoms with van der Waals surface area (Å²) in [5.41, 5.74) is 0.600. The normalized spacial score (nSPS) is 24.0. The fourth-order valence-corrected chi connectivity index (χ4v) is 3.33. The minimum absolute atomic E-state index is 0.0686. The number of nitrogens with zero attached hydrogens (tertiary/aromatic N) is 3. The molecule has 0 bridgehead atoms. The summed E-state index contributed by atoms with van der Waals surface area (Å²) in [5, 5.41) is 7.39. The minimum Gasteiger partial charge on any atom is -0.486 e. The molecule has 138 valence electrons. The van der Waals surface area contributed by atoms with Gasteiger partial charge in [0.15, 0.2) is 0 Å². The van der Waals surface area contributed by atoms with E-state index in [1.54, 1.807) is 12.4 Å². The van der Waals surface area contributed by atoms with Crippen molar-refractivity contribution >= 4 is 5.91 Å². The number of aromatic nitrogens is 3. The van der Waals surface area contributed by atoms with Crippen molar-refractivity contribution in [3.05, 3.63) is 42.5 Å². The molecule has 0 radical (unpaired) electrons. The molecule has 2 atom stereocenters. The van der Waals surface area contributed by atoms with Gasteiger partial charge in [-0.1, -0.05) is 0 Å². The second kappa shape index (κ2) is 7.07. The molecule has 1 N–H and O–H groups in total. The summed E-state index contributed by atoms with van der Waals surface area (Å²) < 4.78 is 13.5. The summed E-state index contributed by atoms with van der Waals surface area (Å²) in [4.78, 5) is 17.2. The van der Waals surface area contributed by atoms with Crippen LogP contribution in [0, 0.1) is 12.3 Å². The average Bonchev–Trinajstić information content (AvgIpc) is 3.25. The fourth-order valence-electron chi connectivity index (χ4n) is 3.33. The fraction of sp³-hybridized carbons (Fsp3) is 0.526. The number of carbonyl (C=O) groups excluding carboxylic acids is 1. The first-order chi connectivity index (χ1) is 12.6. The zero-order valence-corrected chi connectivity index (χ0v) is 14.9. The number of pyridine rings is 1. The highest BCUT2D eigenvalue weighted by atomic mass is 16.5. The van der Waals surface area contributed by atoms with Crippen molar-refractivity contribution in [2.75, 3.05) is 13.2 Å². The Morgan fingerprint density at radius 2 is 2.35 bits per heavy atom. The highest BCUT2D eigenvalue weighted by Gasteiger charge is 2.51. The van der Waals surface area contributed by atoms with Crippen LogP contribution in [0.5, 0.6) is 5.75 Å². The van der Waals surface area contributed by atoms with Crippen LogP contribution in [0.4, 0.5) is 0 Å². The molecule has 2 aromatic rings. The molecule has 7 nitrogen and oxygen atoms in total. The Morgan fingerprint density at radius 1 is 1.46 bits per heavy atom. The van der Waals surface area contributed by atoms with Gasteiger partial charge in [-0.3, -0.25) is 14.5 Å². The van der Waals surface area contributed by atoms with E-state index >= 15 is 0 Å². The number of hydrogen-bond acceptors (Lipinski definition) is 5. The molecular formula is C19H24N4O3. The number of carbonyl (C=O) groups is 1. The molecule has 0 aromatic carbocycles. The lowest BCUT2D eigenvalue weighted by atomic mass is 10.0. The lowest BCUT2D eigenvalue weighted by Crippen LogP contribution is -2.53. The van der Waals surface area contributed by atoms with Crippen molar-refractivity contribution in [2.45, 2.75) is 44.9 Å². The summed E-state index contributed by atoms with van der Waals surface area (Å²) in [7, 11) is 0. The first-order valence-electron chi connectivity index (χ1n) is 9.10. The Hall–Kier alpha value is -2.41. The van der Waals surface area contributed by atoms with Crippen LogP contribution in [-0.2, 0) is 16.1 Å². The number of hydrogen-bond donors (Lipinski definition) is 1. The van der Waals surface area contributed by atoms with Crippen molar-refractivity contribution in [1.29, 1.82) is 0 Å². The van der Waals surface area contributed by atoms with E-state index in [1.807, 2.05) is 36.0 Å². The van der Waals surface area contributed by atoms with E-state index in [-0.39, 0.29) is 23.5 Å². The standard InChI is InChI=1S/C19H24N4O3/c1-14-3-4-15(11-20-14)26-17-5-10-25-12-16(17)22-18(24)19(6-7-19)13-23-9-2-8-21-23/h2-4,8-9,11,16-17H,5-7,10,12-13H2,1H3,(H,22,24)/t16-,17+/m0/s1. The van der Waals surface area contributed by atoms with E-state index in [2.05, 4.69) is 15.4 Å². The van der Waals surface area contributed by atoms with Crippen LogP contribution in [0.1, 0.15) is 25.0 Å². The van der Waals surface area contributed by atoms with Crippen LogP contribution in [0.25, 0.3) is 0 Å². The maximum absolute atomic E-state index is 12.9. The number of amides is 1. The second-order valence-corrected chi connectivity index (χ2v) is 7.22. The Morgan fingerprint density at radius 3 is 3.04 bits per heavy atom. The molecule has 4 rings (SSSR count). The summed E-state index contributed by atoms with van der Waals surface area (Å²) >= 11 is 0. The molecule has 0 unspecified atom stereocenters. The third kappa shape index (κ3) is 3.72. The van der Waals surface area contributed by atoms with E-state index in [0.717, 1.165) is 30.7 Å². The van der Waals surface area contributed by atoms with Gasteiger partial charge in [-0.05, 0) is 38.0 Å². The molecule has 7 heteroatoms. The zero-order valence-electron chi connectivity index (χ0n) is 14.9. The molecular weight excluding hydrogens is 332 g/mol. The van der Waals surface area contributed by atoms with Gasteiger partial charge < -0.3 is 14.8 Å². The number of rotatable bonds is 6. The van der Waals surface area contributed by atoms with Gasteiger partial charge in [0.1, 0.15) is 11.9 Å². The topological polar surface area (TPSA) is 78.3 Å². The Kier molecular flexibility index (Phi) is 4.63. The monoisotopic (exact) mass is 356 g/mol. The SMILES string of the molecule is Cc1ccc(O[C@@H]2CCOC[C@@H]2NC(=O)C2(Cn3cccn3)CC2)cn1. The summed E-state index contributed by atoms with van der Waals surface area (Å²) in [6, 6.07) is 5.55. The van der Waals surface area contributed by atoms with E-state index in [9.17, 15) is 4.79 Å². The van der Waals surface area contributed by atoms with Crippen molar-refractivity contribution in [2.24, 2.45) is 5.41 Å². The van der Waals surface area contributed by atoms with Gasteiger partial charge >= 0.3 is 0 Å². The molecule has 1 amide bonds. The van der Waals surface area contributed by atoms with Gasteiger partial charge in [-0.2, -0.15) is 5.10 Å². The van der Waals surface area contributed by atoms with Crippen molar-refractivity contribution in [3.63, 3.8) is 0 Å². The predicted molar refractivity (Wildman–Crippen MR) is 94.7 cm³/mol. The van der Waals surface area contributed by atoms with Crippen LogP contribution in [0.2, 0.25) is 0 Å². The van der Waals surface area contributed by atoms with Crippen molar-refractivity contribution in [3.8, 4) is 5.75 Å². The molecule has 2 fully saturated rings. The van der Waals surface area contributed by atoms with Crippen LogP contribution >= 0.6 is 0 Å². The second-order valence-electron chi connectivity index (χ2n) is 7.22. The molecule has 2 aliphatic rings. The van der Waals surface area contributed by atoms with E-state index in [4.69, 9.17) is 9.47 Å². The lowest BCUT2D eigenvalue weighted by molar-refractivity contribution is -0.130. The van der Waals surface area contributed by atoms with Gasteiger partial charge in [0.25, 0.3) is 0 Å². The largest absolute Gasteiger partial charge is 0.486 e. The predicted octanol–water partition coefficient (Wildman–Crippen LogP) is 1.72. The Balaban J connectivity index is 1.40. The Bertz CT molecular complexity index is 741. The van der Waals surface area contributed by atoms with Gasteiger partial charge in [-0.25, -0.2) is 0 Å². The summed E-state index contributed by atoms with van der Waals surface area (Å²) in [5.74, 6) is 0.790. The maximum Gasteiger partial charge on any atom is 0.228 e. The maximum atomic E-state index is 12.9. The van der Waals surface area contributed by atoms with Crippen molar-refractivity contribution in [1.82, 2.24) is 20.1 Å². The highest BCUT2D eigenvalue weighted by Crippen LogP contribution is 2.47. The molecule has 2 aromatic heterocycles. The molecule has 1 saturated heterocycles. The summed E-state index contributed by atoms with van der Waals surface area (Å²) in [6.07, 6.45) is 7.77. The number of aryl methyl sites for hydroxylation is 1. The van der Waals surface area contributed by atoms with Crippen LogP contribution in [0.3, 0.4) is 0 Å².